The van der Waals surface area contributed by atoms with Crippen molar-refractivity contribution in [2.24, 2.45) is 5.92 Å². The highest BCUT2D eigenvalue weighted by Crippen LogP contribution is 2.16. The SMILES string of the molecule is C=CCCCC(=O)N1CCC(CNC)C1. The second kappa shape index (κ2) is 6.62. The molecule has 0 aromatic carbocycles. The van der Waals surface area contributed by atoms with Crippen LogP contribution in [-0.4, -0.2) is 37.5 Å². The van der Waals surface area contributed by atoms with Crippen molar-refractivity contribution < 1.29 is 4.79 Å². The standard InChI is InChI=1S/C12H22N2O/c1-3-4-5-6-12(15)14-8-7-11(10-14)9-13-2/h3,11,13H,1,4-10H2,2H3. The van der Waals surface area contributed by atoms with Gasteiger partial charge in [-0.2, -0.15) is 0 Å². The van der Waals surface area contributed by atoms with Gasteiger partial charge in [0.25, 0.3) is 0 Å². The molecular formula is C12H22N2O. The van der Waals surface area contributed by atoms with E-state index < -0.39 is 0 Å². The number of unbranched alkanes of at least 4 members (excludes halogenated alkanes) is 1. The van der Waals surface area contributed by atoms with Gasteiger partial charge >= 0.3 is 0 Å². The maximum Gasteiger partial charge on any atom is 0.222 e. The average Bonchev–Trinajstić information content (AvgIpc) is 2.67. The molecule has 1 amide bonds. The lowest BCUT2D eigenvalue weighted by molar-refractivity contribution is -0.130. The Hall–Kier alpha value is -0.830. The van der Waals surface area contributed by atoms with Crippen LogP contribution in [0.1, 0.15) is 25.7 Å². The highest BCUT2D eigenvalue weighted by atomic mass is 16.2. The molecule has 0 saturated carbocycles. The second-order valence-electron chi connectivity index (χ2n) is 4.23. The first-order valence-corrected chi connectivity index (χ1v) is 5.81. The lowest BCUT2D eigenvalue weighted by Gasteiger charge is -2.16. The van der Waals surface area contributed by atoms with E-state index in [0.717, 1.165) is 38.9 Å². The van der Waals surface area contributed by atoms with E-state index in [9.17, 15) is 4.79 Å². The number of likely N-dealkylation sites (tertiary alicyclic amines) is 1. The predicted molar refractivity (Wildman–Crippen MR) is 62.7 cm³/mol. The minimum absolute atomic E-state index is 0.315. The summed E-state index contributed by atoms with van der Waals surface area (Å²) in [6, 6.07) is 0. The molecule has 86 valence electrons. The van der Waals surface area contributed by atoms with Crippen molar-refractivity contribution in [2.75, 3.05) is 26.7 Å². The summed E-state index contributed by atoms with van der Waals surface area (Å²) >= 11 is 0. The molecule has 1 fully saturated rings. The lowest BCUT2D eigenvalue weighted by atomic mass is 10.1. The Balaban J connectivity index is 2.21. The minimum atomic E-state index is 0.315. The molecule has 1 aliphatic rings. The Morgan fingerprint density at radius 3 is 3.13 bits per heavy atom. The van der Waals surface area contributed by atoms with Crippen molar-refractivity contribution in [1.29, 1.82) is 0 Å². The molecule has 0 spiro atoms. The van der Waals surface area contributed by atoms with Gasteiger partial charge in [-0.1, -0.05) is 6.08 Å². The zero-order valence-electron chi connectivity index (χ0n) is 9.67. The van der Waals surface area contributed by atoms with Gasteiger partial charge in [0.1, 0.15) is 0 Å². The van der Waals surface area contributed by atoms with Crippen LogP contribution in [-0.2, 0) is 4.79 Å². The van der Waals surface area contributed by atoms with Crippen LogP contribution in [0.5, 0.6) is 0 Å². The monoisotopic (exact) mass is 210 g/mol. The highest BCUT2D eigenvalue weighted by molar-refractivity contribution is 5.76. The normalized spacial score (nSPS) is 20.6. The number of hydrogen-bond acceptors (Lipinski definition) is 2. The molecule has 1 unspecified atom stereocenters. The topological polar surface area (TPSA) is 32.3 Å². The van der Waals surface area contributed by atoms with E-state index in [0.29, 0.717) is 18.2 Å². The van der Waals surface area contributed by atoms with Gasteiger partial charge in [0.15, 0.2) is 0 Å². The molecule has 1 atom stereocenters. The third kappa shape index (κ3) is 4.04. The molecule has 1 aliphatic heterocycles. The van der Waals surface area contributed by atoms with Gasteiger partial charge < -0.3 is 10.2 Å². The van der Waals surface area contributed by atoms with Crippen LogP contribution < -0.4 is 5.32 Å². The molecule has 15 heavy (non-hydrogen) atoms. The van der Waals surface area contributed by atoms with Gasteiger partial charge in [0, 0.05) is 19.5 Å². The molecule has 0 aromatic rings. The van der Waals surface area contributed by atoms with E-state index in [1.165, 1.54) is 0 Å². The van der Waals surface area contributed by atoms with Gasteiger partial charge in [0.2, 0.25) is 5.91 Å². The van der Waals surface area contributed by atoms with E-state index in [4.69, 9.17) is 0 Å². The van der Waals surface area contributed by atoms with Crippen LogP contribution in [0.25, 0.3) is 0 Å². The smallest absolute Gasteiger partial charge is 0.222 e. The summed E-state index contributed by atoms with van der Waals surface area (Å²) in [6.45, 7) is 6.56. The van der Waals surface area contributed by atoms with Gasteiger partial charge in [-0.3, -0.25) is 4.79 Å². The number of nitrogens with one attached hydrogen (secondary N) is 1. The van der Waals surface area contributed by atoms with Crippen LogP contribution in [0.3, 0.4) is 0 Å². The summed E-state index contributed by atoms with van der Waals surface area (Å²) in [5.74, 6) is 0.966. The summed E-state index contributed by atoms with van der Waals surface area (Å²) in [5.41, 5.74) is 0. The number of allylic oxidation sites excluding steroid dienone is 1. The maximum atomic E-state index is 11.7. The number of hydrogen-bond donors (Lipinski definition) is 1. The Morgan fingerprint density at radius 2 is 2.47 bits per heavy atom. The number of nitrogens with zero attached hydrogens (tertiary/aromatic N) is 1. The van der Waals surface area contributed by atoms with E-state index in [1.54, 1.807) is 0 Å². The zero-order valence-corrected chi connectivity index (χ0v) is 9.67. The predicted octanol–water partition coefficient (Wildman–Crippen LogP) is 1.41. The number of rotatable bonds is 6. The molecular weight excluding hydrogens is 188 g/mol. The molecule has 1 heterocycles. The minimum Gasteiger partial charge on any atom is -0.342 e. The Kier molecular flexibility index (Phi) is 5.40. The maximum absolute atomic E-state index is 11.7. The summed E-state index contributed by atoms with van der Waals surface area (Å²) in [6.07, 6.45) is 5.59. The van der Waals surface area contributed by atoms with Crippen LogP contribution >= 0.6 is 0 Å². The fourth-order valence-corrected chi connectivity index (χ4v) is 2.07. The first-order valence-electron chi connectivity index (χ1n) is 5.81. The molecule has 3 heteroatoms. The molecule has 0 aromatic heterocycles. The van der Waals surface area contributed by atoms with Crippen LogP contribution in [0.2, 0.25) is 0 Å². The molecule has 0 bridgehead atoms. The average molecular weight is 210 g/mol. The van der Waals surface area contributed by atoms with E-state index >= 15 is 0 Å². The molecule has 1 N–H and O–H groups in total. The van der Waals surface area contributed by atoms with Crippen molar-refractivity contribution in [3.8, 4) is 0 Å². The molecule has 3 nitrogen and oxygen atoms in total. The first kappa shape index (κ1) is 12.2. The largest absolute Gasteiger partial charge is 0.342 e. The molecule has 1 saturated heterocycles. The number of carbonyl (C=O) groups excluding carboxylic acids is 1. The number of carbonyl (C=O) groups is 1. The van der Waals surface area contributed by atoms with Crippen molar-refractivity contribution in [2.45, 2.75) is 25.7 Å². The van der Waals surface area contributed by atoms with Crippen LogP contribution in [0.4, 0.5) is 0 Å². The molecule has 0 radical (unpaired) electrons. The van der Waals surface area contributed by atoms with E-state index in [2.05, 4.69) is 11.9 Å². The third-order valence-corrected chi connectivity index (χ3v) is 2.93. The van der Waals surface area contributed by atoms with Gasteiger partial charge in [-0.15, -0.1) is 6.58 Å². The Morgan fingerprint density at radius 1 is 1.67 bits per heavy atom. The quantitative estimate of drug-likeness (QED) is 0.531. The van der Waals surface area contributed by atoms with Gasteiger partial charge in [0.05, 0.1) is 0 Å². The van der Waals surface area contributed by atoms with E-state index in [-0.39, 0.29) is 0 Å². The van der Waals surface area contributed by atoms with Crippen molar-refractivity contribution >= 4 is 5.91 Å². The Labute approximate surface area is 92.5 Å². The fraction of sp³-hybridized carbons (Fsp3) is 0.750. The van der Waals surface area contributed by atoms with Gasteiger partial charge in [-0.05, 0) is 38.8 Å². The van der Waals surface area contributed by atoms with Crippen molar-refractivity contribution in [3.63, 3.8) is 0 Å². The van der Waals surface area contributed by atoms with Gasteiger partial charge in [-0.25, -0.2) is 0 Å². The summed E-state index contributed by atoms with van der Waals surface area (Å²) in [5, 5.41) is 3.17. The lowest BCUT2D eigenvalue weighted by Crippen LogP contribution is -2.30. The summed E-state index contributed by atoms with van der Waals surface area (Å²) in [4.78, 5) is 13.7. The number of amides is 1. The molecule has 0 aliphatic carbocycles. The second-order valence-corrected chi connectivity index (χ2v) is 4.23. The van der Waals surface area contributed by atoms with Crippen molar-refractivity contribution in [3.05, 3.63) is 12.7 Å². The highest BCUT2D eigenvalue weighted by Gasteiger charge is 2.24. The third-order valence-electron chi connectivity index (χ3n) is 2.93. The molecule has 1 rings (SSSR count). The van der Waals surface area contributed by atoms with Crippen LogP contribution in [0, 0.1) is 5.92 Å². The van der Waals surface area contributed by atoms with Crippen LogP contribution in [0.15, 0.2) is 12.7 Å². The first-order chi connectivity index (χ1) is 7.27. The van der Waals surface area contributed by atoms with E-state index in [1.807, 2.05) is 18.0 Å². The zero-order chi connectivity index (χ0) is 11.1. The fourth-order valence-electron chi connectivity index (χ4n) is 2.07. The van der Waals surface area contributed by atoms with Crippen molar-refractivity contribution in [1.82, 2.24) is 10.2 Å². The summed E-state index contributed by atoms with van der Waals surface area (Å²) in [7, 11) is 1.97. The Bertz CT molecular complexity index is 216. The summed E-state index contributed by atoms with van der Waals surface area (Å²) < 4.78 is 0.